The van der Waals surface area contributed by atoms with Gasteiger partial charge in [-0.05, 0) is 68.1 Å². The molecule has 1 aliphatic carbocycles. The second-order valence-corrected chi connectivity index (χ2v) is 9.14. The Morgan fingerprint density at radius 3 is 2.33 bits per heavy atom. The molecule has 1 heterocycles. The molecule has 0 bridgehead atoms. The van der Waals surface area contributed by atoms with Crippen LogP contribution in [0.2, 0.25) is 0 Å². The first-order valence-electron chi connectivity index (χ1n) is 11.3. The number of nitrogens with zero attached hydrogens (tertiary/aromatic N) is 2. The van der Waals surface area contributed by atoms with Crippen LogP contribution < -0.4 is 10.2 Å². The standard InChI is InChI=1S/C26H28ClN3O3/c1-16-8-7-11-21(17(16)2)30-25(32)22(27)23(26(30)33)28-19-14-12-18(13-15-19)24(31)29(3)20-9-5-4-6-10-20/h7-8,11-15,20,28H,4-6,9-10H2,1-3H3. The second-order valence-electron chi connectivity index (χ2n) is 8.76. The Bertz CT molecular complexity index is 1130. The van der Waals surface area contributed by atoms with Crippen LogP contribution in [0, 0.1) is 13.8 Å². The van der Waals surface area contributed by atoms with Crippen molar-refractivity contribution in [2.75, 3.05) is 17.3 Å². The van der Waals surface area contributed by atoms with Gasteiger partial charge in [0, 0.05) is 24.3 Å². The highest BCUT2D eigenvalue weighted by atomic mass is 35.5. The fraction of sp³-hybridized carbons (Fsp3) is 0.346. The Hall–Kier alpha value is -3.12. The summed E-state index contributed by atoms with van der Waals surface area (Å²) in [6.45, 7) is 3.79. The Balaban J connectivity index is 1.49. The van der Waals surface area contributed by atoms with Crippen LogP contribution >= 0.6 is 11.6 Å². The van der Waals surface area contributed by atoms with Crippen molar-refractivity contribution in [3.05, 3.63) is 69.9 Å². The van der Waals surface area contributed by atoms with Gasteiger partial charge in [0.05, 0.1) is 5.69 Å². The molecule has 0 atom stereocenters. The van der Waals surface area contributed by atoms with Crippen LogP contribution in [-0.2, 0) is 9.59 Å². The number of halogens is 1. The predicted octanol–water partition coefficient (Wildman–Crippen LogP) is 5.14. The lowest BCUT2D eigenvalue weighted by Gasteiger charge is -2.31. The average molecular weight is 466 g/mol. The molecule has 0 radical (unpaired) electrons. The summed E-state index contributed by atoms with van der Waals surface area (Å²) in [5, 5.41) is 2.82. The fourth-order valence-corrected chi connectivity index (χ4v) is 4.70. The minimum absolute atomic E-state index is 0.0149. The molecule has 33 heavy (non-hydrogen) atoms. The van der Waals surface area contributed by atoms with Crippen molar-refractivity contribution < 1.29 is 14.4 Å². The highest BCUT2D eigenvalue weighted by molar-refractivity contribution is 6.53. The molecule has 0 aromatic heterocycles. The summed E-state index contributed by atoms with van der Waals surface area (Å²) in [7, 11) is 1.86. The minimum atomic E-state index is -0.557. The molecule has 2 aromatic rings. The zero-order chi connectivity index (χ0) is 23.7. The molecule has 2 aliphatic rings. The molecule has 0 unspecified atom stereocenters. The van der Waals surface area contributed by atoms with E-state index in [4.69, 9.17) is 11.6 Å². The number of imide groups is 1. The topological polar surface area (TPSA) is 69.7 Å². The molecule has 1 fully saturated rings. The summed E-state index contributed by atoms with van der Waals surface area (Å²) < 4.78 is 0. The number of amides is 3. The molecule has 0 saturated heterocycles. The number of aryl methyl sites for hydroxylation is 1. The summed E-state index contributed by atoms with van der Waals surface area (Å²) >= 11 is 6.26. The van der Waals surface area contributed by atoms with Gasteiger partial charge in [-0.25, -0.2) is 4.90 Å². The molecule has 0 spiro atoms. The van der Waals surface area contributed by atoms with Crippen molar-refractivity contribution in [1.29, 1.82) is 0 Å². The Labute approximate surface area is 199 Å². The molecule has 2 aromatic carbocycles. The highest BCUT2D eigenvalue weighted by Crippen LogP contribution is 2.33. The van der Waals surface area contributed by atoms with Crippen LogP contribution in [0.1, 0.15) is 53.6 Å². The maximum Gasteiger partial charge on any atom is 0.283 e. The molecule has 1 saturated carbocycles. The average Bonchev–Trinajstić information content (AvgIpc) is 3.04. The predicted molar refractivity (Wildman–Crippen MR) is 130 cm³/mol. The van der Waals surface area contributed by atoms with Crippen LogP contribution in [-0.4, -0.2) is 35.7 Å². The Morgan fingerprint density at radius 1 is 1.00 bits per heavy atom. The number of carbonyl (C=O) groups excluding carboxylic acids is 3. The number of rotatable bonds is 5. The summed E-state index contributed by atoms with van der Waals surface area (Å²) in [6.07, 6.45) is 5.64. The van der Waals surface area contributed by atoms with Gasteiger partial charge in [0.25, 0.3) is 17.7 Å². The second kappa shape index (κ2) is 9.40. The number of anilines is 2. The van der Waals surface area contributed by atoms with Gasteiger partial charge < -0.3 is 10.2 Å². The minimum Gasteiger partial charge on any atom is -0.350 e. The van der Waals surface area contributed by atoms with E-state index in [1.807, 2.05) is 31.9 Å². The molecular weight excluding hydrogens is 438 g/mol. The van der Waals surface area contributed by atoms with Crippen molar-refractivity contribution in [1.82, 2.24) is 4.90 Å². The van der Waals surface area contributed by atoms with Gasteiger partial charge in [-0.2, -0.15) is 0 Å². The lowest BCUT2D eigenvalue weighted by molar-refractivity contribution is -0.120. The largest absolute Gasteiger partial charge is 0.350 e. The van der Waals surface area contributed by atoms with Gasteiger partial charge in [-0.3, -0.25) is 14.4 Å². The van der Waals surface area contributed by atoms with Gasteiger partial charge in [0.1, 0.15) is 10.7 Å². The van der Waals surface area contributed by atoms with E-state index in [0.717, 1.165) is 41.7 Å². The molecule has 7 heteroatoms. The first-order valence-corrected chi connectivity index (χ1v) is 11.7. The van der Waals surface area contributed by atoms with E-state index in [0.29, 0.717) is 16.9 Å². The van der Waals surface area contributed by atoms with Crippen molar-refractivity contribution in [2.24, 2.45) is 0 Å². The van der Waals surface area contributed by atoms with Crippen molar-refractivity contribution >= 4 is 40.7 Å². The molecule has 172 valence electrons. The van der Waals surface area contributed by atoms with Crippen molar-refractivity contribution in [2.45, 2.75) is 52.0 Å². The van der Waals surface area contributed by atoms with Crippen LogP contribution in [0.3, 0.4) is 0 Å². The lowest BCUT2D eigenvalue weighted by Crippen LogP contribution is -2.38. The zero-order valence-electron chi connectivity index (χ0n) is 19.2. The molecule has 3 amide bonds. The van der Waals surface area contributed by atoms with Gasteiger partial charge in [-0.15, -0.1) is 0 Å². The van der Waals surface area contributed by atoms with Crippen LogP contribution in [0.25, 0.3) is 0 Å². The molecule has 4 rings (SSSR count). The Morgan fingerprint density at radius 2 is 1.67 bits per heavy atom. The zero-order valence-corrected chi connectivity index (χ0v) is 19.9. The van der Waals surface area contributed by atoms with Gasteiger partial charge >= 0.3 is 0 Å². The monoisotopic (exact) mass is 465 g/mol. The number of carbonyl (C=O) groups is 3. The SMILES string of the molecule is Cc1cccc(N2C(=O)C(Cl)=C(Nc3ccc(C(=O)N(C)C4CCCCC4)cc3)C2=O)c1C. The third-order valence-electron chi connectivity index (χ3n) is 6.69. The summed E-state index contributed by atoms with van der Waals surface area (Å²) in [6, 6.07) is 12.6. The van der Waals surface area contributed by atoms with Gasteiger partial charge in [-0.1, -0.05) is 43.0 Å². The quantitative estimate of drug-likeness (QED) is 0.620. The maximum atomic E-state index is 13.1. The van der Waals surface area contributed by atoms with E-state index in [1.54, 1.807) is 36.4 Å². The number of benzene rings is 2. The first kappa shape index (κ1) is 23.1. The number of hydrogen-bond donors (Lipinski definition) is 1. The Kier molecular flexibility index (Phi) is 6.56. The number of nitrogens with one attached hydrogen (secondary N) is 1. The third kappa shape index (κ3) is 4.40. The van der Waals surface area contributed by atoms with E-state index in [2.05, 4.69) is 5.32 Å². The normalized spacial score (nSPS) is 17.0. The molecule has 1 aliphatic heterocycles. The van der Waals surface area contributed by atoms with Crippen LogP contribution in [0.5, 0.6) is 0 Å². The maximum absolute atomic E-state index is 13.1. The highest BCUT2D eigenvalue weighted by Gasteiger charge is 2.39. The van der Waals surface area contributed by atoms with Crippen molar-refractivity contribution in [3.8, 4) is 0 Å². The van der Waals surface area contributed by atoms with E-state index in [9.17, 15) is 14.4 Å². The van der Waals surface area contributed by atoms with E-state index in [-0.39, 0.29) is 22.7 Å². The smallest absolute Gasteiger partial charge is 0.283 e. The van der Waals surface area contributed by atoms with Crippen LogP contribution in [0.4, 0.5) is 11.4 Å². The van der Waals surface area contributed by atoms with Gasteiger partial charge in [0.15, 0.2) is 0 Å². The summed E-state index contributed by atoms with van der Waals surface area (Å²) in [5.74, 6) is -1.08. The van der Waals surface area contributed by atoms with Gasteiger partial charge in [0.2, 0.25) is 0 Å². The van der Waals surface area contributed by atoms with Crippen LogP contribution in [0.15, 0.2) is 53.2 Å². The summed E-state index contributed by atoms with van der Waals surface area (Å²) in [5.41, 5.74) is 3.52. The van der Waals surface area contributed by atoms with Crippen molar-refractivity contribution in [3.63, 3.8) is 0 Å². The molecular formula is C26H28ClN3O3. The first-order chi connectivity index (χ1) is 15.8. The number of hydrogen-bond acceptors (Lipinski definition) is 4. The lowest BCUT2D eigenvalue weighted by atomic mass is 9.94. The van der Waals surface area contributed by atoms with E-state index < -0.39 is 11.8 Å². The summed E-state index contributed by atoms with van der Waals surface area (Å²) in [4.78, 5) is 41.7. The third-order valence-corrected chi connectivity index (χ3v) is 7.04. The van der Waals surface area contributed by atoms with E-state index >= 15 is 0 Å². The molecule has 6 nitrogen and oxygen atoms in total. The fourth-order valence-electron chi connectivity index (χ4n) is 4.49. The van der Waals surface area contributed by atoms with E-state index in [1.165, 1.54) is 6.42 Å². The molecule has 1 N–H and O–H groups in total.